The number of non-ortho nitro benzene ring substituents is 1. The van der Waals surface area contributed by atoms with E-state index in [-0.39, 0.29) is 29.4 Å². The molecule has 7 nitrogen and oxygen atoms in total. The maximum Gasteiger partial charge on any atom is 0.290 e. The first-order chi connectivity index (χ1) is 12.3. The Kier molecular flexibility index (Phi) is 6.13. The number of carbonyl (C=O) groups excluding carboxylic acids is 2. The lowest BCUT2D eigenvalue weighted by Gasteiger charge is -2.26. The van der Waals surface area contributed by atoms with Crippen LogP contribution in [0.2, 0.25) is 0 Å². The van der Waals surface area contributed by atoms with Gasteiger partial charge < -0.3 is 10.0 Å². The van der Waals surface area contributed by atoms with Crippen LogP contribution in [0.15, 0.2) is 35.6 Å². The average Bonchev–Trinajstić information content (AvgIpc) is 2.84. The number of nitrogens with zero attached hydrogens (tertiary/aromatic N) is 2. The second kappa shape index (κ2) is 8.12. The Hall–Kier alpha value is -2.70. The lowest BCUT2D eigenvalue weighted by atomic mass is 9.92. The zero-order valence-corrected chi connectivity index (χ0v) is 15.3. The van der Waals surface area contributed by atoms with Crippen molar-refractivity contribution in [1.82, 2.24) is 4.90 Å². The Labute approximate surface area is 152 Å². The second-order valence-electron chi connectivity index (χ2n) is 6.89. The van der Waals surface area contributed by atoms with Gasteiger partial charge in [-0.25, -0.2) is 0 Å². The van der Waals surface area contributed by atoms with E-state index in [1.165, 1.54) is 23.1 Å². The molecule has 1 aromatic rings. The first-order valence-corrected chi connectivity index (χ1v) is 8.79. The predicted octanol–water partition coefficient (Wildman–Crippen LogP) is 3.71. The summed E-state index contributed by atoms with van der Waals surface area (Å²) in [7, 11) is 0. The molecule has 1 unspecified atom stereocenters. The molecule has 0 radical (unpaired) electrons. The Balaban J connectivity index is 2.52. The van der Waals surface area contributed by atoms with Crippen molar-refractivity contribution in [2.24, 2.45) is 5.92 Å². The summed E-state index contributed by atoms with van der Waals surface area (Å²) in [6.45, 7) is 6.10. The van der Waals surface area contributed by atoms with Crippen LogP contribution in [0, 0.1) is 16.0 Å². The quantitative estimate of drug-likeness (QED) is 0.562. The first kappa shape index (κ1) is 19.6. The van der Waals surface area contributed by atoms with E-state index in [9.17, 15) is 24.8 Å². The highest BCUT2D eigenvalue weighted by Crippen LogP contribution is 2.39. The maximum absolute atomic E-state index is 12.7. The topological polar surface area (TPSA) is 101 Å². The van der Waals surface area contributed by atoms with E-state index in [4.69, 9.17) is 0 Å². The predicted molar refractivity (Wildman–Crippen MR) is 96.6 cm³/mol. The van der Waals surface area contributed by atoms with Gasteiger partial charge in [0.25, 0.3) is 11.6 Å². The maximum atomic E-state index is 12.7. The average molecular weight is 360 g/mol. The van der Waals surface area contributed by atoms with Crippen molar-refractivity contribution in [3.05, 3.63) is 51.3 Å². The molecule has 26 heavy (non-hydrogen) atoms. The van der Waals surface area contributed by atoms with Crippen molar-refractivity contribution in [2.75, 3.05) is 6.54 Å². The largest absolute Gasteiger partial charge is 0.503 e. The van der Waals surface area contributed by atoms with Crippen molar-refractivity contribution in [1.29, 1.82) is 0 Å². The number of nitro groups is 1. The summed E-state index contributed by atoms with van der Waals surface area (Å²) in [5.74, 6) is -1.37. The highest BCUT2D eigenvalue weighted by molar-refractivity contribution is 6.09. The molecule has 0 saturated heterocycles. The lowest BCUT2D eigenvalue weighted by Crippen LogP contribution is -2.32. The highest BCUT2D eigenvalue weighted by atomic mass is 16.6. The third-order valence-corrected chi connectivity index (χ3v) is 4.35. The number of hydrogen-bond donors (Lipinski definition) is 1. The minimum absolute atomic E-state index is 0.0419. The van der Waals surface area contributed by atoms with Crippen LogP contribution in [0.25, 0.3) is 0 Å². The standard InChI is InChI=1S/C19H24N2O5/c1-4-5-9-20-17(13-7-6-8-14(11-13)21(25)26)16(18(23)19(20)24)15(22)10-12(2)3/h6-8,11-12,17,23H,4-5,9-10H2,1-3H3. The summed E-state index contributed by atoms with van der Waals surface area (Å²) >= 11 is 0. The lowest BCUT2D eigenvalue weighted by molar-refractivity contribution is -0.384. The number of carbonyl (C=O) groups is 2. The van der Waals surface area contributed by atoms with Gasteiger partial charge >= 0.3 is 0 Å². The van der Waals surface area contributed by atoms with Gasteiger partial charge in [-0.3, -0.25) is 19.7 Å². The van der Waals surface area contributed by atoms with Crippen molar-refractivity contribution in [3.63, 3.8) is 0 Å². The van der Waals surface area contributed by atoms with Crippen molar-refractivity contribution in [3.8, 4) is 0 Å². The van der Waals surface area contributed by atoms with Crippen LogP contribution >= 0.6 is 0 Å². The number of Topliss-reactive ketones (excluding diaryl/α,β-unsaturated/α-hetero) is 1. The molecule has 1 aliphatic rings. The van der Waals surface area contributed by atoms with Crippen LogP contribution in [0.4, 0.5) is 5.69 Å². The molecule has 2 rings (SSSR count). The number of ketones is 1. The first-order valence-electron chi connectivity index (χ1n) is 8.79. The summed E-state index contributed by atoms with van der Waals surface area (Å²) in [4.78, 5) is 37.3. The highest BCUT2D eigenvalue weighted by Gasteiger charge is 2.43. The summed E-state index contributed by atoms with van der Waals surface area (Å²) < 4.78 is 0. The SMILES string of the molecule is CCCCN1C(=O)C(O)=C(C(=O)CC(C)C)C1c1cccc([N+](=O)[O-])c1. The Morgan fingerprint density at radius 1 is 1.38 bits per heavy atom. The number of rotatable bonds is 8. The van der Waals surface area contributed by atoms with Gasteiger partial charge in [-0.15, -0.1) is 0 Å². The number of aliphatic hydroxyl groups excluding tert-OH is 1. The van der Waals surface area contributed by atoms with Gasteiger partial charge in [-0.05, 0) is 17.9 Å². The zero-order chi connectivity index (χ0) is 19.4. The van der Waals surface area contributed by atoms with Crippen molar-refractivity contribution < 1.29 is 19.6 Å². The summed E-state index contributed by atoms with van der Waals surface area (Å²) in [5, 5.41) is 21.5. The van der Waals surface area contributed by atoms with Gasteiger partial charge in [-0.1, -0.05) is 39.3 Å². The van der Waals surface area contributed by atoms with E-state index in [0.717, 1.165) is 6.42 Å². The van der Waals surface area contributed by atoms with E-state index in [0.29, 0.717) is 18.5 Å². The fraction of sp³-hybridized carbons (Fsp3) is 0.474. The smallest absolute Gasteiger partial charge is 0.290 e. The van der Waals surface area contributed by atoms with E-state index >= 15 is 0 Å². The van der Waals surface area contributed by atoms with Crippen LogP contribution in [-0.2, 0) is 9.59 Å². The number of benzene rings is 1. The van der Waals surface area contributed by atoms with Gasteiger partial charge in [0.05, 0.1) is 16.5 Å². The number of hydrogen-bond acceptors (Lipinski definition) is 5. The fourth-order valence-corrected chi connectivity index (χ4v) is 3.13. The fourth-order valence-electron chi connectivity index (χ4n) is 3.13. The number of nitro benzene ring substituents is 1. The summed E-state index contributed by atoms with van der Waals surface area (Å²) in [6.07, 6.45) is 1.73. The minimum atomic E-state index is -0.791. The van der Waals surface area contributed by atoms with Crippen LogP contribution in [-0.4, -0.2) is 33.2 Å². The van der Waals surface area contributed by atoms with Crippen LogP contribution in [0.3, 0.4) is 0 Å². The van der Waals surface area contributed by atoms with Gasteiger partial charge in [0.2, 0.25) is 0 Å². The molecule has 1 heterocycles. The van der Waals surface area contributed by atoms with Gasteiger partial charge in [0.15, 0.2) is 11.5 Å². The third-order valence-electron chi connectivity index (χ3n) is 4.35. The zero-order valence-electron chi connectivity index (χ0n) is 15.3. The molecule has 1 atom stereocenters. The third kappa shape index (κ3) is 3.92. The van der Waals surface area contributed by atoms with Crippen molar-refractivity contribution >= 4 is 17.4 Å². The second-order valence-corrected chi connectivity index (χ2v) is 6.89. The molecule has 0 aromatic heterocycles. The Bertz CT molecular complexity index is 754. The molecule has 1 aromatic carbocycles. The van der Waals surface area contributed by atoms with Crippen LogP contribution < -0.4 is 0 Å². The monoisotopic (exact) mass is 360 g/mol. The molecule has 140 valence electrons. The minimum Gasteiger partial charge on any atom is -0.503 e. The molecule has 0 saturated carbocycles. The normalized spacial score (nSPS) is 17.3. The van der Waals surface area contributed by atoms with Crippen LogP contribution in [0.1, 0.15) is 51.6 Å². The van der Waals surface area contributed by atoms with Crippen molar-refractivity contribution in [2.45, 2.75) is 46.1 Å². The van der Waals surface area contributed by atoms with Crippen LogP contribution in [0.5, 0.6) is 0 Å². The molecule has 0 spiro atoms. The molecule has 0 bridgehead atoms. The molecule has 1 aliphatic heterocycles. The van der Waals surface area contributed by atoms with Gasteiger partial charge in [0.1, 0.15) is 0 Å². The van der Waals surface area contributed by atoms with Gasteiger partial charge in [0, 0.05) is 25.1 Å². The van der Waals surface area contributed by atoms with E-state index in [1.54, 1.807) is 6.07 Å². The molecular weight excluding hydrogens is 336 g/mol. The molecular formula is C19H24N2O5. The van der Waals surface area contributed by atoms with Gasteiger partial charge in [-0.2, -0.15) is 0 Å². The number of amides is 1. The summed E-state index contributed by atoms with van der Waals surface area (Å²) in [5.41, 5.74) is 0.382. The van der Waals surface area contributed by atoms with E-state index in [1.807, 2.05) is 20.8 Å². The molecule has 7 heteroatoms. The number of unbranched alkanes of at least 4 members (excludes halogenated alkanes) is 1. The number of aliphatic hydroxyl groups is 1. The van der Waals surface area contributed by atoms with E-state index in [2.05, 4.69) is 0 Å². The van der Waals surface area contributed by atoms with E-state index < -0.39 is 22.6 Å². The molecule has 0 fully saturated rings. The molecule has 1 amide bonds. The molecule has 0 aliphatic carbocycles. The Morgan fingerprint density at radius 2 is 2.08 bits per heavy atom. The Morgan fingerprint density at radius 3 is 2.65 bits per heavy atom. The molecule has 1 N–H and O–H groups in total. The summed E-state index contributed by atoms with van der Waals surface area (Å²) in [6, 6.07) is 5.09.